The van der Waals surface area contributed by atoms with Crippen molar-refractivity contribution in [2.75, 3.05) is 0 Å². The summed E-state index contributed by atoms with van der Waals surface area (Å²) in [4.78, 5) is -0.359. The molecular weight excluding hydrogens is 626 g/mol. The summed E-state index contributed by atoms with van der Waals surface area (Å²) in [6, 6.07) is 20.1. The van der Waals surface area contributed by atoms with Crippen LogP contribution in [0.3, 0.4) is 0 Å². The molecule has 0 heterocycles. The number of alkyl halides is 6. The number of ether oxygens (including phenoxy) is 1. The van der Waals surface area contributed by atoms with Crippen LogP contribution in [0.25, 0.3) is 0 Å². The Morgan fingerprint density at radius 3 is 1.52 bits per heavy atom. The van der Waals surface area contributed by atoms with Gasteiger partial charge in [-0.2, -0.15) is 34.8 Å². The lowest BCUT2D eigenvalue weighted by Gasteiger charge is -2.41. The molecule has 0 saturated heterocycles. The summed E-state index contributed by atoms with van der Waals surface area (Å²) < 4.78 is 123. The van der Waals surface area contributed by atoms with Crippen LogP contribution in [-0.2, 0) is 26.1 Å². The average molecular weight is 657 g/mol. The second-order valence-corrected chi connectivity index (χ2v) is 15.4. The van der Waals surface area contributed by atoms with Gasteiger partial charge in [-0.3, -0.25) is 0 Å². The van der Waals surface area contributed by atoms with Gasteiger partial charge >= 0.3 is 22.5 Å². The zero-order chi connectivity index (χ0) is 32.7. The molecule has 0 aromatic heterocycles. The summed E-state index contributed by atoms with van der Waals surface area (Å²) in [6.45, 7) is 8.98. The van der Waals surface area contributed by atoms with Crippen molar-refractivity contribution >= 4 is 20.4 Å². The Bertz CT molecular complexity index is 1680. The summed E-state index contributed by atoms with van der Waals surface area (Å²) in [5.41, 5.74) is -3.13. The number of halogens is 6. The van der Waals surface area contributed by atoms with E-state index in [1.807, 2.05) is 20.8 Å². The maximum atomic E-state index is 14.2. The first kappa shape index (κ1) is 33.4. The molecule has 0 N–H and O–H groups in total. The van der Waals surface area contributed by atoms with Crippen molar-refractivity contribution in [3.05, 3.63) is 113 Å². The summed E-state index contributed by atoms with van der Waals surface area (Å²) >= 11 is 0. The largest absolute Gasteiger partial charge is 0.488 e. The fourth-order valence-corrected chi connectivity index (χ4v) is 10.6. The summed E-state index contributed by atoms with van der Waals surface area (Å²) in [7, 11) is -8.79. The third kappa shape index (κ3) is 6.92. The molecule has 4 rings (SSSR count). The van der Waals surface area contributed by atoms with Crippen LogP contribution in [0.15, 0.2) is 111 Å². The van der Waals surface area contributed by atoms with Gasteiger partial charge in [0.1, 0.15) is 16.2 Å². The second kappa shape index (κ2) is 11.8. The van der Waals surface area contributed by atoms with E-state index in [1.165, 1.54) is 0 Å². The van der Waals surface area contributed by atoms with E-state index in [4.69, 9.17) is 8.37 Å². The van der Waals surface area contributed by atoms with Gasteiger partial charge in [-0.05, 0) is 111 Å². The normalized spacial score (nSPS) is 13.5. The lowest BCUT2D eigenvalue weighted by atomic mass is 10.1. The molecule has 236 valence electrons. The van der Waals surface area contributed by atoms with Crippen LogP contribution in [0, 0.1) is 13.8 Å². The molecule has 0 amide bonds. The lowest BCUT2D eigenvalue weighted by Crippen LogP contribution is -2.23. The van der Waals surface area contributed by atoms with Gasteiger partial charge in [-0.25, -0.2) is 3.63 Å². The van der Waals surface area contributed by atoms with Crippen molar-refractivity contribution < 1.29 is 43.1 Å². The van der Waals surface area contributed by atoms with Gasteiger partial charge in [0, 0.05) is 14.7 Å². The van der Waals surface area contributed by atoms with E-state index in [0.29, 0.717) is 43.7 Å². The maximum Gasteiger partial charge on any atom is 0.417 e. The van der Waals surface area contributed by atoms with Crippen molar-refractivity contribution in [1.29, 1.82) is 0 Å². The molecule has 4 nitrogen and oxygen atoms in total. The Morgan fingerprint density at radius 1 is 0.636 bits per heavy atom. The van der Waals surface area contributed by atoms with E-state index in [2.05, 4.69) is 0 Å². The highest BCUT2D eigenvalue weighted by Gasteiger charge is 2.45. The maximum absolute atomic E-state index is 14.2. The quantitative estimate of drug-likeness (QED) is 0.186. The Hall–Kier alpha value is -3.48. The molecule has 0 aliphatic carbocycles. The van der Waals surface area contributed by atoms with Gasteiger partial charge in [0.25, 0.3) is 0 Å². The highest BCUT2D eigenvalue weighted by molar-refractivity contribution is 8.33. The van der Waals surface area contributed by atoms with Crippen LogP contribution in [0.1, 0.15) is 43.0 Å². The number of benzene rings is 4. The molecule has 0 fully saturated rings. The number of rotatable bonds is 7. The van der Waals surface area contributed by atoms with E-state index in [0.717, 1.165) is 0 Å². The minimum atomic E-state index is -5.44. The topological polar surface area (TPSA) is 52.6 Å². The molecule has 0 aliphatic heterocycles. The predicted molar refractivity (Wildman–Crippen MR) is 156 cm³/mol. The fraction of sp³-hybridized carbons (Fsp3) is 0.250. The van der Waals surface area contributed by atoms with E-state index < -0.39 is 54.4 Å². The highest BCUT2D eigenvalue weighted by Crippen LogP contribution is 2.72. The van der Waals surface area contributed by atoms with Crippen molar-refractivity contribution in [1.82, 2.24) is 0 Å². The third-order valence-electron chi connectivity index (χ3n) is 6.37. The Kier molecular flexibility index (Phi) is 8.95. The first-order valence-corrected chi connectivity index (χ1v) is 16.2. The van der Waals surface area contributed by atoms with Crippen LogP contribution < -0.4 is 4.74 Å². The standard InChI is InChI=1S/C32H30F6O4S2/c1-21-18-24(41-30(3,4)5)19-22(2)29(21)43(25-12-8-6-9-13-25,26-14-10-7-11-15-26)42-44(39,40)28-17-16-23(31(33,34)35)20-27(28)32(36,37)38/h6-20H,1-5H3. The van der Waals surface area contributed by atoms with Crippen LogP contribution >= 0.6 is 10.3 Å². The molecule has 0 saturated carbocycles. The molecule has 0 bridgehead atoms. The molecule has 0 unspecified atom stereocenters. The van der Waals surface area contributed by atoms with Gasteiger partial charge in [0.15, 0.2) is 0 Å². The molecule has 4 aromatic rings. The van der Waals surface area contributed by atoms with Gasteiger partial charge in [0.2, 0.25) is 0 Å². The third-order valence-corrected chi connectivity index (χ3v) is 11.9. The number of hydrogen-bond acceptors (Lipinski definition) is 4. The molecule has 4 aromatic carbocycles. The second-order valence-electron chi connectivity index (χ2n) is 11.0. The van der Waals surface area contributed by atoms with E-state index in [1.54, 1.807) is 86.6 Å². The van der Waals surface area contributed by atoms with Crippen molar-refractivity contribution in [2.45, 2.75) is 72.2 Å². The molecule has 0 atom stereocenters. The molecule has 44 heavy (non-hydrogen) atoms. The summed E-state index contributed by atoms with van der Waals surface area (Å²) in [5, 5.41) is 0. The zero-order valence-corrected chi connectivity index (χ0v) is 26.0. The molecular formula is C32H30F6O4S2. The Morgan fingerprint density at radius 2 is 1.11 bits per heavy atom. The first-order chi connectivity index (χ1) is 20.3. The van der Waals surface area contributed by atoms with Gasteiger partial charge in [-0.1, -0.05) is 36.4 Å². The zero-order valence-electron chi connectivity index (χ0n) is 24.4. The van der Waals surface area contributed by atoms with Crippen LogP contribution in [0.4, 0.5) is 26.3 Å². The molecule has 12 heteroatoms. The van der Waals surface area contributed by atoms with Gasteiger partial charge in [0.05, 0.1) is 11.1 Å². The molecule has 0 spiro atoms. The van der Waals surface area contributed by atoms with Crippen LogP contribution in [0.2, 0.25) is 0 Å². The van der Waals surface area contributed by atoms with Gasteiger partial charge < -0.3 is 4.74 Å². The monoisotopic (exact) mass is 656 g/mol. The SMILES string of the molecule is Cc1cc(OC(C)(C)C)cc(C)c1S(OS(=O)(=O)c1ccc(C(F)(F)F)cc1C(F)(F)F)(c1ccccc1)c1ccccc1. The Labute approximate surface area is 254 Å². The molecule has 0 radical (unpaired) electrons. The fourth-order valence-electron chi connectivity index (χ4n) is 4.80. The minimum Gasteiger partial charge on any atom is -0.488 e. The number of aryl methyl sites for hydroxylation is 2. The predicted octanol–water partition coefficient (Wildman–Crippen LogP) is 10.1. The smallest absolute Gasteiger partial charge is 0.417 e. The van der Waals surface area contributed by atoms with Crippen molar-refractivity contribution in [2.24, 2.45) is 0 Å². The van der Waals surface area contributed by atoms with E-state index >= 15 is 0 Å². The Balaban J connectivity index is 2.08. The van der Waals surface area contributed by atoms with Crippen LogP contribution in [-0.4, -0.2) is 14.0 Å². The van der Waals surface area contributed by atoms with Crippen molar-refractivity contribution in [3.8, 4) is 5.75 Å². The van der Waals surface area contributed by atoms with Crippen molar-refractivity contribution in [3.63, 3.8) is 0 Å². The van der Waals surface area contributed by atoms with Gasteiger partial charge in [-0.15, -0.1) is 0 Å². The minimum absolute atomic E-state index is 0.215. The highest BCUT2D eigenvalue weighted by atomic mass is 32.3. The molecule has 0 aliphatic rings. The number of hydrogen-bond donors (Lipinski definition) is 0. The first-order valence-electron chi connectivity index (χ1n) is 13.2. The van der Waals surface area contributed by atoms with E-state index in [-0.39, 0.29) is 6.07 Å². The lowest BCUT2D eigenvalue weighted by molar-refractivity contribution is -0.144. The summed E-state index contributed by atoms with van der Waals surface area (Å²) in [5.74, 6) is 0.482. The average Bonchev–Trinajstić information content (AvgIpc) is 2.90. The van der Waals surface area contributed by atoms with Crippen LogP contribution in [0.5, 0.6) is 5.75 Å². The van der Waals surface area contributed by atoms with E-state index in [9.17, 15) is 34.8 Å². The summed E-state index contributed by atoms with van der Waals surface area (Å²) in [6.07, 6.45) is -10.6.